The van der Waals surface area contributed by atoms with Gasteiger partial charge >= 0.3 is 0 Å². The first-order valence-electron chi connectivity index (χ1n) is 11.2. The molecule has 2 aromatic carbocycles. The number of nitrogens with zero attached hydrogens (tertiary/aromatic N) is 4. The second kappa shape index (κ2) is 11.3. The summed E-state index contributed by atoms with van der Waals surface area (Å²) >= 11 is 2.72. The molecule has 35 heavy (non-hydrogen) atoms. The largest absolute Gasteiger partial charge is 0.482 e. The average molecular weight is 506 g/mol. The van der Waals surface area contributed by atoms with Crippen LogP contribution in [0, 0.1) is 13.8 Å². The molecule has 0 saturated heterocycles. The molecule has 1 unspecified atom stereocenters. The van der Waals surface area contributed by atoms with Gasteiger partial charge in [0.15, 0.2) is 22.2 Å². The van der Waals surface area contributed by atoms with Crippen molar-refractivity contribution in [1.82, 2.24) is 19.7 Å². The summed E-state index contributed by atoms with van der Waals surface area (Å²) in [5.74, 6) is 1.51. The monoisotopic (exact) mass is 505 g/mol. The molecule has 1 amide bonds. The minimum absolute atomic E-state index is 0.154. The first-order chi connectivity index (χ1) is 16.9. The minimum Gasteiger partial charge on any atom is -0.482 e. The van der Waals surface area contributed by atoms with E-state index in [2.05, 4.69) is 27.1 Å². The number of allylic oxidation sites excluding steroid dienone is 1. The quantitative estimate of drug-likeness (QED) is 0.208. The van der Waals surface area contributed by atoms with Crippen LogP contribution in [0.25, 0.3) is 11.3 Å². The first kappa shape index (κ1) is 24.7. The van der Waals surface area contributed by atoms with Crippen molar-refractivity contribution in [3.63, 3.8) is 0 Å². The number of amides is 1. The highest BCUT2D eigenvalue weighted by atomic mass is 32.2. The van der Waals surface area contributed by atoms with Crippen molar-refractivity contribution in [2.45, 2.75) is 38.6 Å². The second-order valence-corrected chi connectivity index (χ2v) is 9.81. The van der Waals surface area contributed by atoms with Gasteiger partial charge in [-0.05, 0) is 32.4 Å². The third-order valence-electron chi connectivity index (χ3n) is 5.25. The lowest BCUT2D eigenvalue weighted by Crippen LogP contribution is -2.15. The number of nitrogens with one attached hydrogen (secondary N) is 1. The van der Waals surface area contributed by atoms with Crippen molar-refractivity contribution in [1.29, 1.82) is 0 Å². The van der Waals surface area contributed by atoms with E-state index in [4.69, 9.17) is 4.74 Å². The number of hydrogen-bond donors (Lipinski definition) is 1. The molecule has 7 nitrogen and oxygen atoms in total. The number of rotatable bonds is 10. The van der Waals surface area contributed by atoms with E-state index in [9.17, 15) is 4.79 Å². The van der Waals surface area contributed by atoms with Crippen LogP contribution in [-0.4, -0.2) is 31.4 Å². The Morgan fingerprint density at radius 2 is 1.97 bits per heavy atom. The van der Waals surface area contributed by atoms with Gasteiger partial charge in [0.1, 0.15) is 5.75 Å². The first-order valence-corrected chi connectivity index (χ1v) is 13.0. The summed E-state index contributed by atoms with van der Waals surface area (Å²) in [6.45, 7) is 10.3. The summed E-state index contributed by atoms with van der Waals surface area (Å²) in [6, 6.07) is 16.0. The molecule has 0 aliphatic heterocycles. The Hall–Kier alpha value is -3.43. The van der Waals surface area contributed by atoms with E-state index in [0.29, 0.717) is 22.7 Å². The van der Waals surface area contributed by atoms with Crippen LogP contribution in [0.1, 0.15) is 30.0 Å². The van der Waals surface area contributed by atoms with E-state index in [1.165, 1.54) is 28.7 Å². The van der Waals surface area contributed by atoms with Crippen LogP contribution in [0.15, 0.2) is 71.7 Å². The number of carbonyl (C=O) groups excluding carboxylic acids is 1. The zero-order chi connectivity index (χ0) is 24.8. The standard InChI is InChI=1S/C26H27N5O2S2/c1-5-14-31-24(19(4)33-22-9-7-6-8-18(22)3)29-30-26(31)35-16-23(32)28-25-27-21(15-34-25)20-12-10-17(2)11-13-20/h5-13,15,19H,1,14,16H2,2-4H3,(H,27,28,32). The SMILES string of the molecule is C=CCn1c(SCC(=O)Nc2nc(-c3ccc(C)cc3)cs2)nnc1C(C)Oc1ccccc1C. The predicted octanol–water partition coefficient (Wildman–Crippen LogP) is 6.08. The Balaban J connectivity index is 1.39. The number of thioether (sulfide) groups is 1. The molecule has 2 aromatic heterocycles. The highest BCUT2D eigenvalue weighted by Gasteiger charge is 2.20. The molecule has 4 aromatic rings. The van der Waals surface area contributed by atoms with Crippen LogP contribution >= 0.6 is 23.1 Å². The van der Waals surface area contributed by atoms with E-state index in [0.717, 1.165) is 22.6 Å². The predicted molar refractivity (Wildman–Crippen MR) is 142 cm³/mol. The fourth-order valence-electron chi connectivity index (χ4n) is 3.41. The summed E-state index contributed by atoms with van der Waals surface area (Å²) in [4.78, 5) is 17.1. The summed E-state index contributed by atoms with van der Waals surface area (Å²) in [7, 11) is 0. The fourth-order valence-corrected chi connectivity index (χ4v) is 4.90. The fraction of sp³-hybridized carbons (Fsp3) is 0.231. The number of benzene rings is 2. The van der Waals surface area contributed by atoms with E-state index < -0.39 is 0 Å². The topological polar surface area (TPSA) is 81.9 Å². The summed E-state index contributed by atoms with van der Waals surface area (Å²) in [5, 5.41) is 14.7. The Bertz CT molecular complexity index is 1310. The van der Waals surface area contributed by atoms with Crippen LogP contribution in [-0.2, 0) is 11.3 Å². The Labute approximate surface area is 213 Å². The summed E-state index contributed by atoms with van der Waals surface area (Å²) in [5.41, 5.74) is 4.11. The van der Waals surface area contributed by atoms with Crippen LogP contribution in [0.4, 0.5) is 5.13 Å². The van der Waals surface area contributed by atoms with Crippen LogP contribution < -0.4 is 10.1 Å². The van der Waals surface area contributed by atoms with E-state index in [1.54, 1.807) is 6.08 Å². The summed E-state index contributed by atoms with van der Waals surface area (Å²) < 4.78 is 8.05. The molecule has 0 saturated carbocycles. The molecule has 2 heterocycles. The lowest BCUT2D eigenvalue weighted by atomic mass is 10.1. The minimum atomic E-state index is -0.317. The maximum absolute atomic E-state index is 12.6. The van der Waals surface area contributed by atoms with Gasteiger partial charge in [0.2, 0.25) is 5.91 Å². The van der Waals surface area contributed by atoms with Gasteiger partial charge in [0.05, 0.1) is 11.4 Å². The molecule has 9 heteroatoms. The molecule has 0 fully saturated rings. The van der Waals surface area contributed by atoms with Crippen molar-refractivity contribution in [2.24, 2.45) is 0 Å². The lowest BCUT2D eigenvalue weighted by Gasteiger charge is -2.17. The molecule has 1 N–H and O–H groups in total. The Morgan fingerprint density at radius 3 is 2.71 bits per heavy atom. The summed E-state index contributed by atoms with van der Waals surface area (Å²) in [6.07, 6.45) is 1.46. The smallest absolute Gasteiger partial charge is 0.236 e. The number of carbonyl (C=O) groups is 1. The molecule has 0 bridgehead atoms. The van der Waals surface area contributed by atoms with E-state index in [1.807, 2.05) is 79.2 Å². The highest BCUT2D eigenvalue weighted by molar-refractivity contribution is 7.99. The third kappa shape index (κ3) is 6.17. The van der Waals surface area contributed by atoms with Crippen molar-refractivity contribution < 1.29 is 9.53 Å². The van der Waals surface area contributed by atoms with Crippen molar-refractivity contribution in [2.75, 3.05) is 11.1 Å². The number of para-hydroxylation sites is 1. The number of aryl methyl sites for hydroxylation is 2. The van der Waals surface area contributed by atoms with Gasteiger partial charge in [0.25, 0.3) is 0 Å². The van der Waals surface area contributed by atoms with Gasteiger partial charge in [-0.3, -0.25) is 9.36 Å². The number of hydrogen-bond acceptors (Lipinski definition) is 7. The molecular formula is C26H27N5O2S2. The van der Waals surface area contributed by atoms with Crippen molar-refractivity contribution in [3.05, 3.63) is 83.5 Å². The molecule has 0 aliphatic carbocycles. The molecule has 4 rings (SSSR count). The van der Waals surface area contributed by atoms with Crippen molar-refractivity contribution >= 4 is 34.1 Å². The van der Waals surface area contributed by atoms with Gasteiger partial charge in [-0.25, -0.2) is 4.98 Å². The average Bonchev–Trinajstić information content (AvgIpc) is 3.47. The lowest BCUT2D eigenvalue weighted by molar-refractivity contribution is -0.113. The van der Waals surface area contributed by atoms with Gasteiger partial charge in [-0.2, -0.15) is 0 Å². The van der Waals surface area contributed by atoms with Gasteiger partial charge in [0, 0.05) is 17.5 Å². The molecule has 0 spiro atoms. The molecular weight excluding hydrogens is 478 g/mol. The van der Waals surface area contributed by atoms with Crippen LogP contribution in [0.2, 0.25) is 0 Å². The normalized spacial score (nSPS) is 11.7. The van der Waals surface area contributed by atoms with Crippen LogP contribution in [0.5, 0.6) is 5.75 Å². The zero-order valence-electron chi connectivity index (χ0n) is 19.9. The Kier molecular flexibility index (Phi) is 7.99. The van der Waals surface area contributed by atoms with Gasteiger partial charge < -0.3 is 10.1 Å². The van der Waals surface area contributed by atoms with E-state index in [-0.39, 0.29) is 17.8 Å². The number of thiazole rings is 1. The van der Waals surface area contributed by atoms with Gasteiger partial charge in [-0.1, -0.05) is 65.9 Å². The molecule has 1 atom stereocenters. The Morgan fingerprint density at radius 1 is 1.20 bits per heavy atom. The maximum Gasteiger partial charge on any atom is 0.236 e. The number of aromatic nitrogens is 4. The van der Waals surface area contributed by atoms with Crippen LogP contribution in [0.3, 0.4) is 0 Å². The van der Waals surface area contributed by atoms with Crippen molar-refractivity contribution in [3.8, 4) is 17.0 Å². The maximum atomic E-state index is 12.6. The number of ether oxygens (including phenoxy) is 1. The molecule has 0 radical (unpaired) electrons. The number of anilines is 1. The zero-order valence-corrected chi connectivity index (χ0v) is 21.5. The molecule has 0 aliphatic rings. The van der Waals surface area contributed by atoms with Gasteiger partial charge in [-0.15, -0.1) is 28.1 Å². The molecule has 180 valence electrons. The van der Waals surface area contributed by atoms with E-state index >= 15 is 0 Å². The highest BCUT2D eigenvalue weighted by Crippen LogP contribution is 2.28. The third-order valence-corrected chi connectivity index (χ3v) is 6.97. The second-order valence-electron chi connectivity index (χ2n) is 8.01.